The zero-order valence-electron chi connectivity index (χ0n) is 16.4. The fraction of sp³-hybridized carbons (Fsp3) is 0.545. The highest BCUT2D eigenvalue weighted by Gasteiger charge is 2.07. The average Bonchev–Trinajstić information content (AvgIpc) is 2.72. The first-order chi connectivity index (χ1) is 13.9. The van der Waals surface area contributed by atoms with Crippen LogP contribution >= 0.6 is 0 Å². The molecular weight excluding hydrogens is 360 g/mol. The molecule has 3 rings (SSSR count). The molecule has 6 heteroatoms. The summed E-state index contributed by atoms with van der Waals surface area (Å²) in [6.07, 6.45) is 0. The van der Waals surface area contributed by atoms with Crippen LogP contribution in [0.4, 0.5) is 0 Å². The second-order valence-corrected chi connectivity index (χ2v) is 6.49. The predicted molar refractivity (Wildman–Crippen MR) is 107 cm³/mol. The second kappa shape index (κ2) is 12.8. The van der Waals surface area contributed by atoms with Gasteiger partial charge in [0, 0.05) is 0 Å². The summed E-state index contributed by atoms with van der Waals surface area (Å²) < 4.78 is 33.7. The van der Waals surface area contributed by atoms with Gasteiger partial charge in [0.2, 0.25) is 0 Å². The molecular formula is C22H30O6. The number of hydrogen-bond acceptors (Lipinski definition) is 6. The lowest BCUT2D eigenvalue weighted by atomic mass is 10.00. The Morgan fingerprint density at radius 3 is 1.18 bits per heavy atom. The van der Waals surface area contributed by atoms with E-state index in [0.717, 1.165) is 0 Å². The topological polar surface area (TPSA) is 55.4 Å². The summed E-state index contributed by atoms with van der Waals surface area (Å²) in [5.74, 6) is 0. The highest BCUT2D eigenvalue weighted by molar-refractivity contribution is 5.88. The lowest BCUT2D eigenvalue weighted by Gasteiger charge is -2.13. The van der Waals surface area contributed by atoms with Gasteiger partial charge in [-0.2, -0.15) is 0 Å². The molecule has 1 heterocycles. The van der Waals surface area contributed by atoms with Gasteiger partial charge in [-0.25, -0.2) is 0 Å². The van der Waals surface area contributed by atoms with Crippen LogP contribution in [-0.2, 0) is 41.6 Å². The summed E-state index contributed by atoms with van der Waals surface area (Å²) >= 11 is 0. The Hall–Kier alpha value is -1.54. The van der Waals surface area contributed by atoms with Crippen LogP contribution in [-0.4, -0.2) is 66.1 Å². The van der Waals surface area contributed by atoms with E-state index in [1.165, 1.54) is 21.9 Å². The molecule has 0 saturated heterocycles. The van der Waals surface area contributed by atoms with Gasteiger partial charge >= 0.3 is 0 Å². The molecule has 154 valence electrons. The lowest BCUT2D eigenvalue weighted by Crippen LogP contribution is -2.13. The van der Waals surface area contributed by atoms with Crippen molar-refractivity contribution >= 4 is 10.8 Å². The van der Waals surface area contributed by atoms with Crippen LogP contribution < -0.4 is 0 Å². The molecule has 0 aromatic heterocycles. The highest BCUT2D eigenvalue weighted by atomic mass is 16.6. The van der Waals surface area contributed by atoms with Gasteiger partial charge in [0.25, 0.3) is 0 Å². The number of rotatable bonds is 0. The Morgan fingerprint density at radius 1 is 0.429 bits per heavy atom. The molecule has 0 bridgehead atoms. The summed E-state index contributed by atoms with van der Waals surface area (Å²) in [6.45, 7) is 6.67. The molecule has 0 saturated carbocycles. The Bertz CT molecular complexity index is 635. The van der Waals surface area contributed by atoms with Crippen LogP contribution in [0, 0.1) is 0 Å². The normalized spacial score (nSPS) is 19.7. The molecule has 0 amide bonds. The zero-order valence-corrected chi connectivity index (χ0v) is 16.4. The third-order valence-corrected chi connectivity index (χ3v) is 4.45. The van der Waals surface area contributed by atoms with Gasteiger partial charge in [0.05, 0.1) is 79.3 Å². The molecule has 2 aromatic carbocycles. The minimum atomic E-state index is 0.550. The standard InChI is InChI=1S/C22H30O6/c1-3-19-4-2-6-21-18-28-16-14-26-12-10-24-8-7-23-9-11-25-13-15-27-17-20(5-1)22(19)21/h1-6H,7-18H2. The van der Waals surface area contributed by atoms with E-state index in [2.05, 4.69) is 36.4 Å². The first-order valence-electron chi connectivity index (χ1n) is 9.91. The van der Waals surface area contributed by atoms with Gasteiger partial charge < -0.3 is 28.4 Å². The molecule has 0 atom stereocenters. The third-order valence-electron chi connectivity index (χ3n) is 4.45. The summed E-state index contributed by atoms with van der Waals surface area (Å²) in [4.78, 5) is 0. The quantitative estimate of drug-likeness (QED) is 0.689. The van der Waals surface area contributed by atoms with E-state index in [0.29, 0.717) is 79.3 Å². The highest BCUT2D eigenvalue weighted by Crippen LogP contribution is 2.24. The predicted octanol–water partition coefficient (Wildman–Crippen LogP) is 2.95. The Morgan fingerprint density at radius 2 is 0.786 bits per heavy atom. The molecule has 1 aliphatic heterocycles. The monoisotopic (exact) mass is 390 g/mol. The van der Waals surface area contributed by atoms with Crippen molar-refractivity contribution < 1.29 is 28.4 Å². The molecule has 0 aliphatic carbocycles. The van der Waals surface area contributed by atoms with Crippen molar-refractivity contribution in [2.45, 2.75) is 13.2 Å². The molecule has 6 nitrogen and oxygen atoms in total. The molecule has 0 N–H and O–H groups in total. The van der Waals surface area contributed by atoms with Crippen LogP contribution in [0.2, 0.25) is 0 Å². The first kappa shape index (κ1) is 21.2. The summed E-state index contributed by atoms with van der Waals surface area (Å²) in [5, 5.41) is 2.40. The van der Waals surface area contributed by atoms with Crippen LogP contribution in [0.5, 0.6) is 0 Å². The molecule has 0 radical (unpaired) electrons. The third kappa shape index (κ3) is 7.13. The molecule has 28 heavy (non-hydrogen) atoms. The maximum atomic E-state index is 5.83. The molecule has 0 fully saturated rings. The van der Waals surface area contributed by atoms with Crippen LogP contribution in [0.15, 0.2) is 36.4 Å². The van der Waals surface area contributed by atoms with Crippen molar-refractivity contribution in [3.63, 3.8) is 0 Å². The van der Waals surface area contributed by atoms with Crippen molar-refractivity contribution in [2.75, 3.05) is 66.1 Å². The van der Waals surface area contributed by atoms with Crippen LogP contribution in [0.3, 0.4) is 0 Å². The Kier molecular flexibility index (Phi) is 9.70. The molecule has 1 aliphatic rings. The van der Waals surface area contributed by atoms with E-state index < -0.39 is 0 Å². The zero-order chi connectivity index (χ0) is 19.3. The lowest BCUT2D eigenvalue weighted by molar-refractivity contribution is -0.0182. The van der Waals surface area contributed by atoms with E-state index >= 15 is 0 Å². The van der Waals surface area contributed by atoms with Crippen molar-refractivity contribution in [3.8, 4) is 0 Å². The SMILES string of the molecule is c1cc2c3c(cccc3c1)COCCOCCOCCOCCOCCOC2. The van der Waals surface area contributed by atoms with Gasteiger partial charge in [-0.15, -0.1) is 0 Å². The Balaban J connectivity index is 1.60. The van der Waals surface area contributed by atoms with Crippen molar-refractivity contribution in [1.29, 1.82) is 0 Å². The Labute approximate surface area is 166 Å². The average molecular weight is 390 g/mol. The largest absolute Gasteiger partial charge is 0.377 e. The summed E-state index contributed by atoms with van der Waals surface area (Å²) in [5.41, 5.74) is 2.33. The molecule has 0 spiro atoms. The maximum absolute atomic E-state index is 5.83. The maximum Gasteiger partial charge on any atom is 0.0724 e. The summed E-state index contributed by atoms with van der Waals surface area (Å²) in [7, 11) is 0. The van der Waals surface area contributed by atoms with Crippen molar-refractivity contribution in [3.05, 3.63) is 47.5 Å². The van der Waals surface area contributed by atoms with Crippen LogP contribution in [0.25, 0.3) is 10.8 Å². The fourth-order valence-corrected chi connectivity index (χ4v) is 3.10. The fourth-order valence-electron chi connectivity index (χ4n) is 3.10. The van der Waals surface area contributed by atoms with Gasteiger partial charge in [0.15, 0.2) is 0 Å². The van der Waals surface area contributed by atoms with E-state index in [1.807, 2.05) is 0 Å². The van der Waals surface area contributed by atoms with Crippen LogP contribution in [0.1, 0.15) is 11.1 Å². The molecule has 0 unspecified atom stereocenters. The van der Waals surface area contributed by atoms with Gasteiger partial charge in [-0.3, -0.25) is 0 Å². The van der Waals surface area contributed by atoms with Gasteiger partial charge in [-0.05, 0) is 21.9 Å². The molecule has 2 aromatic rings. The second-order valence-electron chi connectivity index (χ2n) is 6.49. The van der Waals surface area contributed by atoms with Crippen molar-refractivity contribution in [1.82, 2.24) is 0 Å². The smallest absolute Gasteiger partial charge is 0.0724 e. The van der Waals surface area contributed by atoms with E-state index in [-0.39, 0.29) is 0 Å². The minimum Gasteiger partial charge on any atom is -0.377 e. The number of benzene rings is 2. The number of ether oxygens (including phenoxy) is 6. The van der Waals surface area contributed by atoms with E-state index in [9.17, 15) is 0 Å². The van der Waals surface area contributed by atoms with Crippen molar-refractivity contribution in [2.24, 2.45) is 0 Å². The first-order valence-corrected chi connectivity index (χ1v) is 9.91. The van der Waals surface area contributed by atoms with E-state index in [4.69, 9.17) is 28.4 Å². The number of hydrogen-bond donors (Lipinski definition) is 0. The van der Waals surface area contributed by atoms with Gasteiger partial charge in [-0.1, -0.05) is 36.4 Å². The van der Waals surface area contributed by atoms with E-state index in [1.54, 1.807) is 0 Å². The summed E-state index contributed by atoms with van der Waals surface area (Å²) in [6, 6.07) is 12.6. The van der Waals surface area contributed by atoms with Gasteiger partial charge in [0.1, 0.15) is 0 Å². The minimum absolute atomic E-state index is 0.550.